The molecule has 2 aromatic carbocycles. The predicted octanol–water partition coefficient (Wildman–Crippen LogP) is 3.78. The molecule has 0 N–H and O–H groups in total. The maximum atomic E-state index is 13.0. The van der Waals surface area contributed by atoms with Gasteiger partial charge in [0, 0.05) is 22.2 Å². The van der Waals surface area contributed by atoms with E-state index in [9.17, 15) is 9.59 Å². The molecule has 0 saturated heterocycles. The molecular formula is C20H19NO3. The Morgan fingerprint density at radius 3 is 2.42 bits per heavy atom. The Bertz CT molecular complexity index is 972. The van der Waals surface area contributed by atoms with Gasteiger partial charge < -0.3 is 4.74 Å². The minimum absolute atomic E-state index is 0.134. The minimum Gasteiger partial charge on any atom is -0.462 e. The van der Waals surface area contributed by atoms with Crippen LogP contribution in [0.1, 0.15) is 28.5 Å². The van der Waals surface area contributed by atoms with Gasteiger partial charge in [-0.3, -0.25) is 9.36 Å². The fraction of sp³-hybridized carbons (Fsp3) is 0.200. The van der Waals surface area contributed by atoms with E-state index in [1.165, 1.54) is 0 Å². The molecule has 1 heterocycles. The lowest BCUT2D eigenvalue weighted by Gasteiger charge is -2.17. The fourth-order valence-electron chi connectivity index (χ4n) is 3.08. The van der Waals surface area contributed by atoms with Crippen LogP contribution in [0, 0.1) is 13.8 Å². The van der Waals surface area contributed by atoms with Gasteiger partial charge in [-0.25, -0.2) is 4.79 Å². The first-order valence-corrected chi connectivity index (χ1v) is 7.93. The zero-order valence-corrected chi connectivity index (χ0v) is 14.0. The summed E-state index contributed by atoms with van der Waals surface area (Å²) in [6.07, 6.45) is 0. The van der Waals surface area contributed by atoms with Crippen molar-refractivity contribution >= 4 is 16.7 Å². The number of rotatable bonds is 3. The summed E-state index contributed by atoms with van der Waals surface area (Å²) in [7, 11) is 0. The highest BCUT2D eigenvalue weighted by atomic mass is 16.5. The minimum atomic E-state index is -0.404. The quantitative estimate of drug-likeness (QED) is 0.690. The monoisotopic (exact) mass is 321 g/mol. The summed E-state index contributed by atoms with van der Waals surface area (Å²) < 4.78 is 6.83. The van der Waals surface area contributed by atoms with Gasteiger partial charge in [-0.05, 0) is 44.5 Å². The highest BCUT2D eigenvalue weighted by Gasteiger charge is 2.22. The summed E-state index contributed by atoms with van der Waals surface area (Å²) in [6.45, 7) is 5.74. The first kappa shape index (κ1) is 16.0. The molecule has 0 fully saturated rings. The Morgan fingerprint density at radius 2 is 1.75 bits per heavy atom. The van der Waals surface area contributed by atoms with Crippen molar-refractivity contribution in [3.05, 3.63) is 75.7 Å². The number of esters is 1. The highest BCUT2D eigenvalue weighted by Crippen LogP contribution is 2.25. The summed E-state index contributed by atoms with van der Waals surface area (Å²) in [5, 5.41) is 1.19. The number of hydrogen-bond acceptors (Lipinski definition) is 3. The normalized spacial score (nSPS) is 10.8. The number of aryl methyl sites for hydroxylation is 1. The second-order valence-electron chi connectivity index (χ2n) is 5.65. The number of fused-ring (bicyclic) bond motifs is 1. The largest absolute Gasteiger partial charge is 0.462 e. The van der Waals surface area contributed by atoms with E-state index in [2.05, 4.69) is 0 Å². The standard InChI is InChI=1S/C20H19NO3/c1-4-24-20(23)18-14(3)21(15-10-6-5-7-11-15)19(22)16-12-8-9-13(2)17(16)18/h5-12H,4H2,1-3H3. The number of hydrogen-bond donors (Lipinski definition) is 0. The molecular weight excluding hydrogens is 302 g/mol. The number of pyridine rings is 1. The van der Waals surface area contributed by atoms with E-state index in [-0.39, 0.29) is 12.2 Å². The molecule has 0 spiro atoms. The van der Waals surface area contributed by atoms with Gasteiger partial charge in [0.1, 0.15) is 0 Å². The summed E-state index contributed by atoms with van der Waals surface area (Å²) in [4.78, 5) is 25.6. The van der Waals surface area contributed by atoms with Crippen molar-refractivity contribution in [1.82, 2.24) is 4.57 Å². The number of para-hydroxylation sites is 1. The van der Waals surface area contributed by atoms with Crippen LogP contribution in [0.4, 0.5) is 0 Å². The second-order valence-corrected chi connectivity index (χ2v) is 5.65. The van der Waals surface area contributed by atoms with Crippen molar-refractivity contribution in [3.63, 3.8) is 0 Å². The molecule has 0 aliphatic heterocycles. The maximum absolute atomic E-state index is 13.0. The molecule has 0 saturated carbocycles. The lowest BCUT2D eigenvalue weighted by molar-refractivity contribution is 0.0527. The molecule has 0 radical (unpaired) electrons. The van der Waals surface area contributed by atoms with Gasteiger partial charge in [-0.1, -0.05) is 30.3 Å². The molecule has 4 heteroatoms. The molecule has 0 aliphatic rings. The number of carbonyl (C=O) groups excluding carboxylic acids is 1. The molecule has 1 aromatic heterocycles. The Morgan fingerprint density at radius 1 is 1.04 bits per heavy atom. The second kappa shape index (κ2) is 6.32. The molecule has 0 unspecified atom stereocenters. The van der Waals surface area contributed by atoms with Gasteiger partial charge in [0.15, 0.2) is 0 Å². The first-order chi connectivity index (χ1) is 11.6. The van der Waals surface area contributed by atoms with Crippen LogP contribution in [0.25, 0.3) is 16.5 Å². The third-order valence-electron chi connectivity index (χ3n) is 4.15. The van der Waals surface area contributed by atoms with E-state index < -0.39 is 5.97 Å². The van der Waals surface area contributed by atoms with Crippen molar-refractivity contribution in [1.29, 1.82) is 0 Å². The number of aromatic nitrogens is 1. The van der Waals surface area contributed by atoms with Crippen molar-refractivity contribution in [3.8, 4) is 5.69 Å². The Labute approximate surface area is 140 Å². The third-order valence-corrected chi connectivity index (χ3v) is 4.15. The lowest BCUT2D eigenvalue weighted by Crippen LogP contribution is -2.25. The predicted molar refractivity (Wildman–Crippen MR) is 95.0 cm³/mol. The number of ether oxygens (including phenoxy) is 1. The van der Waals surface area contributed by atoms with Gasteiger partial charge in [-0.2, -0.15) is 0 Å². The van der Waals surface area contributed by atoms with E-state index >= 15 is 0 Å². The highest BCUT2D eigenvalue weighted by molar-refractivity contribution is 6.06. The van der Waals surface area contributed by atoms with Crippen molar-refractivity contribution < 1.29 is 9.53 Å². The SMILES string of the molecule is CCOC(=O)c1c(C)n(-c2ccccc2)c(=O)c2cccc(C)c12. The van der Waals surface area contributed by atoms with Crippen LogP contribution in [-0.4, -0.2) is 17.1 Å². The summed E-state index contributed by atoms with van der Waals surface area (Å²) in [6, 6.07) is 14.8. The zero-order chi connectivity index (χ0) is 17.3. The van der Waals surface area contributed by atoms with Gasteiger partial charge in [0.25, 0.3) is 5.56 Å². The van der Waals surface area contributed by atoms with Crippen LogP contribution in [-0.2, 0) is 4.74 Å². The van der Waals surface area contributed by atoms with Crippen molar-refractivity contribution in [2.75, 3.05) is 6.61 Å². The molecule has 0 aliphatic carbocycles. The molecule has 3 rings (SSSR count). The fourth-order valence-corrected chi connectivity index (χ4v) is 3.08. The molecule has 0 bridgehead atoms. The first-order valence-electron chi connectivity index (χ1n) is 7.93. The number of nitrogens with zero attached hydrogens (tertiary/aromatic N) is 1. The van der Waals surface area contributed by atoms with E-state index in [1.807, 2.05) is 49.4 Å². The third kappa shape index (κ3) is 2.50. The smallest absolute Gasteiger partial charge is 0.340 e. The van der Waals surface area contributed by atoms with Crippen LogP contribution in [0.15, 0.2) is 53.3 Å². The molecule has 0 atom stereocenters. The van der Waals surface area contributed by atoms with Crippen LogP contribution >= 0.6 is 0 Å². The topological polar surface area (TPSA) is 48.3 Å². The summed E-state index contributed by atoms with van der Waals surface area (Å²) in [5.41, 5.74) is 2.52. The molecule has 24 heavy (non-hydrogen) atoms. The Kier molecular flexibility index (Phi) is 4.21. The van der Waals surface area contributed by atoms with E-state index in [0.717, 1.165) is 11.3 Å². The van der Waals surface area contributed by atoms with Gasteiger partial charge in [-0.15, -0.1) is 0 Å². The van der Waals surface area contributed by atoms with Crippen LogP contribution in [0.5, 0.6) is 0 Å². The van der Waals surface area contributed by atoms with Crippen molar-refractivity contribution in [2.24, 2.45) is 0 Å². The van der Waals surface area contributed by atoms with Crippen LogP contribution in [0.2, 0.25) is 0 Å². The van der Waals surface area contributed by atoms with Gasteiger partial charge >= 0.3 is 5.97 Å². The van der Waals surface area contributed by atoms with E-state index in [1.54, 1.807) is 24.5 Å². The number of benzene rings is 2. The molecule has 4 nitrogen and oxygen atoms in total. The van der Waals surface area contributed by atoms with Crippen LogP contribution < -0.4 is 5.56 Å². The van der Waals surface area contributed by atoms with Crippen LogP contribution in [0.3, 0.4) is 0 Å². The Hall–Kier alpha value is -2.88. The van der Waals surface area contributed by atoms with E-state index in [0.29, 0.717) is 22.0 Å². The lowest BCUT2D eigenvalue weighted by atomic mass is 9.99. The average molecular weight is 321 g/mol. The summed E-state index contributed by atoms with van der Waals surface area (Å²) >= 11 is 0. The zero-order valence-electron chi connectivity index (χ0n) is 14.0. The Balaban J connectivity index is 2.48. The molecule has 3 aromatic rings. The van der Waals surface area contributed by atoms with Gasteiger partial charge in [0.05, 0.1) is 12.2 Å². The number of carbonyl (C=O) groups is 1. The van der Waals surface area contributed by atoms with Gasteiger partial charge in [0.2, 0.25) is 0 Å². The van der Waals surface area contributed by atoms with Crippen molar-refractivity contribution in [2.45, 2.75) is 20.8 Å². The van der Waals surface area contributed by atoms with E-state index in [4.69, 9.17) is 4.74 Å². The average Bonchev–Trinajstić information content (AvgIpc) is 2.57. The maximum Gasteiger partial charge on any atom is 0.340 e. The summed E-state index contributed by atoms with van der Waals surface area (Å²) in [5.74, 6) is -0.404. The molecule has 0 amide bonds. The molecule has 122 valence electrons.